The largest absolute Gasteiger partial charge is 0.439 e. The van der Waals surface area contributed by atoms with Gasteiger partial charge in [0.1, 0.15) is 5.60 Å². The molecular formula is C40H68N2O8. The molecule has 9 unspecified atom stereocenters. The molecule has 3 saturated heterocycles. The fraction of sp³-hybridized carbons (Fsp3) is 0.800. The Bertz CT molecular complexity index is 1160. The first-order chi connectivity index (χ1) is 23.6. The van der Waals surface area contributed by atoms with Crippen LogP contribution in [0.25, 0.3) is 0 Å². The van der Waals surface area contributed by atoms with Crippen LogP contribution in [0.4, 0.5) is 4.79 Å². The van der Waals surface area contributed by atoms with Crippen LogP contribution in [0.2, 0.25) is 0 Å². The summed E-state index contributed by atoms with van der Waals surface area (Å²) in [5, 5.41) is 31.4. The Morgan fingerprint density at radius 1 is 1.00 bits per heavy atom. The maximum Gasteiger partial charge on any atom is 0.410 e. The first-order valence-electron chi connectivity index (χ1n) is 19.2. The highest BCUT2D eigenvalue weighted by Crippen LogP contribution is 2.37. The number of nitrogens with zero attached hydrogens (tertiary/aromatic N) is 2. The van der Waals surface area contributed by atoms with Crippen molar-refractivity contribution in [1.82, 2.24) is 9.80 Å². The number of epoxide rings is 1. The van der Waals surface area contributed by atoms with Gasteiger partial charge in [-0.2, -0.15) is 0 Å². The number of allylic oxidation sites excluding steroid dienone is 4. The summed E-state index contributed by atoms with van der Waals surface area (Å²) in [5.74, 6) is -0.589. The maximum absolute atomic E-state index is 13.5. The van der Waals surface area contributed by atoms with Crippen molar-refractivity contribution >= 4 is 11.9 Å². The van der Waals surface area contributed by atoms with Gasteiger partial charge >= 0.3 is 6.09 Å². The van der Waals surface area contributed by atoms with Crippen LogP contribution in [0.5, 0.6) is 0 Å². The number of hydrogen-bond donors (Lipinski definition) is 3. The molecule has 10 heteroatoms. The molecular weight excluding hydrogens is 636 g/mol. The van der Waals surface area contributed by atoms with E-state index in [1.54, 1.807) is 56.2 Å². The van der Waals surface area contributed by atoms with Crippen LogP contribution in [0.3, 0.4) is 0 Å². The molecule has 3 N–H and O–H groups in total. The molecule has 0 aromatic heterocycles. The molecule has 0 aromatic rings. The summed E-state index contributed by atoms with van der Waals surface area (Å²) in [6.07, 6.45) is 14.6. The average Bonchev–Trinajstić information content (AvgIpc) is 3.88. The number of carbonyl (C=O) groups is 2. The zero-order valence-electron chi connectivity index (χ0n) is 32.2. The number of likely N-dealkylation sites (tertiary alicyclic amines) is 2. The standard InChI is InChI=1S/C40H68N2O8/c1-9-32(43)18-22-40(7,48-8)35(50-38(46)42-25-19-31(20-26-42)41-23-12-11-13-24-41)17-16-29(4)36(45)28(3)15-14-21-39(6,47)27-34-37(49-34)30(5)33(44)10-2/h14-17,21,29-35,37,43-44,47H,9-13,18-20,22-27H2,1-8H3/b17-16+,21-14+,28-15+. The van der Waals surface area contributed by atoms with Crippen molar-refractivity contribution in [3.63, 3.8) is 0 Å². The van der Waals surface area contributed by atoms with Gasteiger partial charge in [0, 0.05) is 44.5 Å². The van der Waals surface area contributed by atoms with Crippen molar-refractivity contribution in [1.29, 1.82) is 0 Å². The zero-order chi connectivity index (χ0) is 37.1. The molecule has 3 fully saturated rings. The van der Waals surface area contributed by atoms with Gasteiger partial charge < -0.3 is 39.3 Å². The highest BCUT2D eigenvalue weighted by Gasteiger charge is 2.47. The number of carbonyl (C=O) groups excluding carboxylic acids is 2. The van der Waals surface area contributed by atoms with Gasteiger partial charge in [-0.3, -0.25) is 4.79 Å². The number of ketones is 1. The van der Waals surface area contributed by atoms with Gasteiger partial charge in [0.25, 0.3) is 0 Å². The van der Waals surface area contributed by atoms with Crippen LogP contribution >= 0.6 is 0 Å². The number of piperidine rings is 2. The molecule has 50 heavy (non-hydrogen) atoms. The second-order valence-corrected chi connectivity index (χ2v) is 15.5. The molecule has 3 rings (SSSR count). The lowest BCUT2D eigenvalue weighted by atomic mass is 9.89. The first-order valence-corrected chi connectivity index (χ1v) is 19.2. The van der Waals surface area contributed by atoms with Gasteiger partial charge in [0.2, 0.25) is 0 Å². The third kappa shape index (κ3) is 12.6. The summed E-state index contributed by atoms with van der Waals surface area (Å²) in [5.41, 5.74) is -1.51. The number of methoxy groups -OCH3 is 1. The Hall–Kier alpha value is -2.08. The normalized spacial score (nSPS) is 26.6. The van der Waals surface area contributed by atoms with E-state index in [4.69, 9.17) is 14.2 Å². The fourth-order valence-electron chi connectivity index (χ4n) is 7.31. The molecule has 0 spiro atoms. The van der Waals surface area contributed by atoms with Crippen LogP contribution in [0.15, 0.2) is 36.0 Å². The number of ether oxygens (including phenoxy) is 3. The average molecular weight is 705 g/mol. The summed E-state index contributed by atoms with van der Waals surface area (Å²) in [4.78, 5) is 31.3. The summed E-state index contributed by atoms with van der Waals surface area (Å²) in [6.45, 7) is 16.6. The quantitative estimate of drug-likeness (QED) is 0.0644. The smallest absolute Gasteiger partial charge is 0.410 e. The molecule has 3 heterocycles. The molecule has 0 bridgehead atoms. The van der Waals surface area contributed by atoms with E-state index in [0.29, 0.717) is 56.8 Å². The number of aliphatic hydroxyl groups is 3. The second kappa shape index (κ2) is 19.7. The number of aliphatic hydroxyl groups excluding tert-OH is 2. The SMILES string of the molecule is CCC(O)CCC(C)(OC)C(/C=C/C(C)C(=O)/C(C)=C/C=C/C(C)(O)CC1OC1C(C)C(O)CC)OC(=O)N1CCC(N2CCCCC2)CC1. The first kappa shape index (κ1) is 42.3. The van der Waals surface area contributed by atoms with E-state index < -0.39 is 35.4 Å². The predicted molar refractivity (Wildman–Crippen MR) is 197 cm³/mol. The summed E-state index contributed by atoms with van der Waals surface area (Å²) < 4.78 is 17.9. The van der Waals surface area contributed by atoms with Gasteiger partial charge in [0.15, 0.2) is 11.9 Å². The van der Waals surface area contributed by atoms with Gasteiger partial charge in [-0.15, -0.1) is 0 Å². The Kier molecular flexibility index (Phi) is 16.7. The van der Waals surface area contributed by atoms with E-state index in [1.807, 2.05) is 34.6 Å². The van der Waals surface area contributed by atoms with Crippen LogP contribution in [0, 0.1) is 11.8 Å². The van der Waals surface area contributed by atoms with Crippen LogP contribution < -0.4 is 0 Å². The van der Waals surface area contributed by atoms with Crippen LogP contribution in [-0.2, 0) is 19.0 Å². The van der Waals surface area contributed by atoms with Crippen molar-refractivity contribution in [2.24, 2.45) is 11.8 Å². The second-order valence-electron chi connectivity index (χ2n) is 15.5. The van der Waals surface area contributed by atoms with Crippen molar-refractivity contribution in [3.8, 4) is 0 Å². The molecule has 0 aliphatic carbocycles. The van der Waals surface area contributed by atoms with E-state index in [2.05, 4.69) is 4.90 Å². The van der Waals surface area contributed by atoms with Crippen molar-refractivity contribution in [3.05, 3.63) is 36.0 Å². The van der Waals surface area contributed by atoms with E-state index >= 15 is 0 Å². The predicted octanol–water partition coefficient (Wildman–Crippen LogP) is 5.98. The lowest BCUT2D eigenvalue weighted by molar-refractivity contribution is -0.117. The van der Waals surface area contributed by atoms with Gasteiger partial charge in [-0.1, -0.05) is 58.4 Å². The van der Waals surface area contributed by atoms with E-state index in [1.165, 1.54) is 19.3 Å². The summed E-state index contributed by atoms with van der Waals surface area (Å²) in [7, 11) is 1.59. The lowest BCUT2D eigenvalue weighted by Gasteiger charge is -2.41. The summed E-state index contributed by atoms with van der Waals surface area (Å²) >= 11 is 0. The van der Waals surface area contributed by atoms with Crippen molar-refractivity contribution in [2.45, 2.75) is 160 Å². The Balaban J connectivity index is 1.64. The van der Waals surface area contributed by atoms with Crippen molar-refractivity contribution in [2.75, 3.05) is 33.3 Å². The number of hydrogen-bond acceptors (Lipinski definition) is 9. The minimum atomic E-state index is -1.13. The third-order valence-corrected chi connectivity index (χ3v) is 11.3. The van der Waals surface area contributed by atoms with E-state index in [9.17, 15) is 24.9 Å². The molecule has 9 atom stereocenters. The zero-order valence-corrected chi connectivity index (χ0v) is 32.2. The monoisotopic (exact) mass is 704 g/mol. The highest BCUT2D eigenvalue weighted by atomic mass is 16.6. The molecule has 0 radical (unpaired) electrons. The number of amides is 1. The van der Waals surface area contributed by atoms with Gasteiger partial charge in [0.05, 0.1) is 30.0 Å². The molecule has 0 aromatic carbocycles. The molecule has 0 saturated carbocycles. The fourth-order valence-corrected chi connectivity index (χ4v) is 7.31. The maximum atomic E-state index is 13.5. The van der Waals surface area contributed by atoms with E-state index in [0.717, 1.165) is 25.9 Å². The Morgan fingerprint density at radius 3 is 2.26 bits per heavy atom. The summed E-state index contributed by atoms with van der Waals surface area (Å²) in [6, 6.07) is 0.507. The number of Topliss-reactive ketones (excluding diaryl/α,β-unsaturated/α-hetero) is 1. The molecule has 1 amide bonds. The molecule has 10 nitrogen and oxygen atoms in total. The molecule has 286 valence electrons. The minimum absolute atomic E-state index is 0.00809. The molecule has 3 aliphatic heterocycles. The van der Waals surface area contributed by atoms with Crippen LogP contribution in [-0.4, -0.2) is 118 Å². The van der Waals surface area contributed by atoms with Crippen LogP contribution in [0.1, 0.15) is 113 Å². The minimum Gasteiger partial charge on any atom is -0.439 e. The Morgan fingerprint density at radius 2 is 1.66 bits per heavy atom. The van der Waals surface area contributed by atoms with Gasteiger partial charge in [-0.25, -0.2) is 4.79 Å². The number of rotatable bonds is 19. The van der Waals surface area contributed by atoms with Gasteiger partial charge in [-0.05, 0) is 96.9 Å². The van der Waals surface area contributed by atoms with E-state index in [-0.39, 0.29) is 30.0 Å². The third-order valence-electron chi connectivity index (χ3n) is 11.3. The van der Waals surface area contributed by atoms with Crippen molar-refractivity contribution < 1.29 is 39.1 Å². The highest BCUT2D eigenvalue weighted by molar-refractivity contribution is 5.97. The Labute approximate surface area is 301 Å². The topological polar surface area (TPSA) is 132 Å². The molecule has 3 aliphatic rings. The lowest BCUT2D eigenvalue weighted by Crippen LogP contribution is -2.50.